The second kappa shape index (κ2) is 9.23. The molecule has 1 saturated carbocycles. The van der Waals surface area contributed by atoms with Crippen LogP contribution < -0.4 is 10.6 Å². The normalized spacial score (nSPS) is 14.4. The summed E-state index contributed by atoms with van der Waals surface area (Å²) in [5, 5.41) is 6.76. The maximum absolute atomic E-state index is 5.82. The van der Waals surface area contributed by atoms with Crippen LogP contribution in [0.4, 0.5) is 0 Å². The molecule has 1 aliphatic carbocycles. The molecule has 2 aromatic rings. The Morgan fingerprint density at radius 1 is 0.960 bits per heavy atom. The molecule has 132 valence electrons. The Morgan fingerprint density at radius 3 is 2.44 bits per heavy atom. The second-order valence-corrected chi connectivity index (χ2v) is 6.55. The predicted octanol–water partition coefficient (Wildman–Crippen LogP) is 3.48. The van der Waals surface area contributed by atoms with E-state index < -0.39 is 0 Å². The van der Waals surface area contributed by atoms with Crippen molar-refractivity contribution < 1.29 is 4.74 Å². The third kappa shape index (κ3) is 6.24. The third-order valence-electron chi connectivity index (χ3n) is 4.31. The van der Waals surface area contributed by atoms with Gasteiger partial charge >= 0.3 is 0 Å². The fourth-order valence-electron chi connectivity index (χ4n) is 2.66. The van der Waals surface area contributed by atoms with Crippen molar-refractivity contribution in [2.24, 2.45) is 10.9 Å². The van der Waals surface area contributed by atoms with Crippen molar-refractivity contribution in [2.75, 3.05) is 13.6 Å². The molecule has 0 spiro atoms. The van der Waals surface area contributed by atoms with Crippen LogP contribution in [0.1, 0.15) is 29.5 Å². The number of guanidine groups is 1. The minimum Gasteiger partial charge on any atom is -0.372 e. The molecule has 0 unspecified atom stereocenters. The van der Waals surface area contributed by atoms with Gasteiger partial charge < -0.3 is 15.4 Å². The Balaban J connectivity index is 1.43. The van der Waals surface area contributed by atoms with E-state index in [0.717, 1.165) is 25.0 Å². The molecule has 0 radical (unpaired) electrons. The molecule has 2 N–H and O–H groups in total. The van der Waals surface area contributed by atoms with E-state index in [0.29, 0.717) is 13.2 Å². The Labute approximate surface area is 150 Å². The lowest BCUT2D eigenvalue weighted by molar-refractivity contribution is 0.107. The zero-order valence-electron chi connectivity index (χ0n) is 14.9. The Bertz CT molecular complexity index is 681. The standard InChI is InChI=1S/C21H27N3O/c1-22-21(23-13-17-10-11-17)24-14-19-8-5-9-20(12-19)16-25-15-18-6-3-2-4-7-18/h2-9,12,17H,10-11,13-16H2,1H3,(H2,22,23,24). The highest BCUT2D eigenvalue weighted by atomic mass is 16.5. The maximum Gasteiger partial charge on any atom is 0.191 e. The fraction of sp³-hybridized carbons (Fsp3) is 0.381. The zero-order valence-corrected chi connectivity index (χ0v) is 14.9. The summed E-state index contributed by atoms with van der Waals surface area (Å²) in [5.74, 6) is 1.71. The third-order valence-corrected chi connectivity index (χ3v) is 4.31. The molecule has 4 nitrogen and oxygen atoms in total. The van der Waals surface area contributed by atoms with E-state index in [1.165, 1.54) is 29.5 Å². The van der Waals surface area contributed by atoms with Crippen molar-refractivity contribution in [1.82, 2.24) is 10.6 Å². The molecule has 1 aliphatic rings. The first-order valence-electron chi connectivity index (χ1n) is 8.97. The van der Waals surface area contributed by atoms with E-state index in [4.69, 9.17) is 4.74 Å². The lowest BCUT2D eigenvalue weighted by atomic mass is 10.1. The van der Waals surface area contributed by atoms with E-state index in [9.17, 15) is 0 Å². The van der Waals surface area contributed by atoms with Crippen LogP contribution in [0.5, 0.6) is 0 Å². The summed E-state index contributed by atoms with van der Waals surface area (Å²) in [6, 6.07) is 18.8. The summed E-state index contributed by atoms with van der Waals surface area (Å²) in [6.45, 7) is 3.04. The van der Waals surface area contributed by atoms with Crippen molar-refractivity contribution >= 4 is 5.96 Å². The van der Waals surface area contributed by atoms with E-state index in [1.807, 2.05) is 25.2 Å². The summed E-state index contributed by atoms with van der Waals surface area (Å²) in [6.07, 6.45) is 2.68. The Kier molecular flexibility index (Phi) is 6.46. The summed E-state index contributed by atoms with van der Waals surface area (Å²) in [7, 11) is 1.82. The van der Waals surface area contributed by atoms with E-state index in [2.05, 4.69) is 52.0 Å². The van der Waals surface area contributed by atoms with Gasteiger partial charge in [-0.15, -0.1) is 0 Å². The van der Waals surface area contributed by atoms with Gasteiger partial charge in [-0.25, -0.2) is 0 Å². The van der Waals surface area contributed by atoms with Crippen LogP contribution in [0.2, 0.25) is 0 Å². The monoisotopic (exact) mass is 337 g/mol. The molecule has 0 saturated heterocycles. The van der Waals surface area contributed by atoms with Gasteiger partial charge in [-0.2, -0.15) is 0 Å². The highest BCUT2D eigenvalue weighted by Crippen LogP contribution is 2.27. The summed E-state index contributed by atoms with van der Waals surface area (Å²) in [4.78, 5) is 4.28. The summed E-state index contributed by atoms with van der Waals surface area (Å²) in [5.41, 5.74) is 3.62. The molecule has 0 aliphatic heterocycles. The zero-order chi connectivity index (χ0) is 17.3. The highest BCUT2D eigenvalue weighted by molar-refractivity contribution is 5.79. The summed E-state index contributed by atoms with van der Waals surface area (Å²) < 4.78 is 5.82. The fourth-order valence-corrected chi connectivity index (χ4v) is 2.66. The molecule has 4 heteroatoms. The second-order valence-electron chi connectivity index (χ2n) is 6.55. The van der Waals surface area contributed by atoms with Gasteiger partial charge in [0.1, 0.15) is 0 Å². The average molecular weight is 337 g/mol. The van der Waals surface area contributed by atoms with Gasteiger partial charge in [-0.05, 0) is 35.4 Å². The van der Waals surface area contributed by atoms with Crippen LogP contribution in [-0.2, 0) is 24.5 Å². The van der Waals surface area contributed by atoms with Crippen LogP contribution in [0, 0.1) is 5.92 Å². The number of nitrogens with zero attached hydrogens (tertiary/aromatic N) is 1. The number of benzene rings is 2. The van der Waals surface area contributed by atoms with Gasteiger partial charge in [0, 0.05) is 20.1 Å². The molecule has 1 fully saturated rings. The molecule has 0 atom stereocenters. The van der Waals surface area contributed by atoms with E-state index >= 15 is 0 Å². The van der Waals surface area contributed by atoms with E-state index in [-0.39, 0.29) is 0 Å². The molecule has 0 amide bonds. The quantitative estimate of drug-likeness (QED) is 0.573. The first kappa shape index (κ1) is 17.5. The van der Waals surface area contributed by atoms with Crippen LogP contribution in [0.25, 0.3) is 0 Å². The van der Waals surface area contributed by atoms with Crippen molar-refractivity contribution in [1.29, 1.82) is 0 Å². The van der Waals surface area contributed by atoms with Crippen molar-refractivity contribution in [3.8, 4) is 0 Å². The minimum atomic E-state index is 0.622. The predicted molar refractivity (Wildman–Crippen MR) is 102 cm³/mol. The SMILES string of the molecule is CN=C(NCc1cccc(COCc2ccccc2)c1)NCC1CC1. The molecule has 25 heavy (non-hydrogen) atoms. The lowest BCUT2D eigenvalue weighted by Crippen LogP contribution is -2.37. The lowest BCUT2D eigenvalue weighted by Gasteiger charge is -2.12. The number of nitrogens with one attached hydrogen (secondary N) is 2. The van der Waals surface area contributed by atoms with Gasteiger partial charge in [0.2, 0.25) is 0 Å². The Hall–Kier alpha value is -2.33. The molecule has 3 rings (SSSR count). The highest BCUT2D eigenvalue weighted by Gasteiger charge is 2.20. The molecular formula is C21H27N3O. The van der Waals surface area contributed by atoms with Gasteiger partial charge in [0.15, 0.2) is 5.96 Å². The smallest absolute Gasteiger partial charge is 0.191 e. The first-order valence-corrected chi connectivity index (χ1v) is 8.97. The van der Waals surface area contributed by atoms with Crippen molar-refractivity contribution in [2.45, 2.75) is 32.6 Å². The number of ether oxygens (including phenoxy) is 1. The van der Waals surface area contributed by atoms with Crippen LogP contribution >= 0.6 is 0 Å². The van der Waals surface area contributed by atoms with E-state index in [1.54, 1.807) is 0 Å². The van der Waals surface area contributed by atoms with Crippen LogP contribution in [0.3, 0.4) is 0 Å². The molecule has 0 aromatic heterocycles. The topological polar surface area (TPSA) is 45.7 Å². The van der Waals surface area contributed by atoms with Gasteiger partial charge in [0.25, 0.3) is 0 Å². The van der Waals surface area contributed by atoms with Crippen LogP contribution in [-0.4, -0.2) is 19.6 Å². The van der Waals surface area contributed by atoms with Gasteiger partial charge in [0.05, 0.1) is 13.2 Å². The molecular weight excluding hydrogens is 310 g/mol. The molecule has 0 bridgehead atoms. The maximum atomic E-state index is 5.82. The van der Waals surface area contributed by atoms with Crippen molar-refractivity contribution in [3.05, 3.63) is 71.3 Å². The largest absolute Gasteiger partial charge is 0.372 e. The molecule has 0 heterocycles. The Morgan fingerprint density at radius 2 is 1.68 bits per heavy atom. The minimum absolute atomic E-state index is 0.622. The van der Waals surface area contributed by atoms with Gasteiger partial charge in [-0.3, -0.25) is 4.99 Å². The number of hydrogen-bond acceptors (Lipinski definition) is 2. The van der Waals surface area contributed by atoms with Crippen LogP contribution in [0.15, 0.2) is 59.6 Å². The average Bonchev–Trinajstić information content (AvgIpc) is 3.48. The molecule has 2 aromatic carbocycles. The number of aliphatic imine (C=N–C) groups is 1. The van der Waals surface area contributed by atoms with Gasteiger partial charge in [-0.1, -0.05) is 54.6 Å². The first-order chi connectivity index (χ1) is 12.3. The number of rotatable bonds is 8. The number of hydrogen-bond donors (Lipinski definition) is 2. The van der Waals surface area contributed by atoms with Crippen molar-refractivity contribution in [3.63, 3.8) is 0 Å². The summed E-state index contributed by atoms with van der Waals surface area (Å²) >= 11 is 0.